The number of esters is 1. The van der Waals surface area contributed by atoms with Crippen molar-refractivity contribution >= 4 is 13.8 Å². The summed E-state index contributed by atoms with van der Waals surface area (Å²) in [5.41, 5.74) is 5.35. The number of allylic oxidation sites excluding steroid dienone is 6. The minimum Gasteiger partial charge on any atom is -0.457 e. The van der Waals surface area contributed by atoms with Crippen LogP contribution in [0.2, 0.25) is 0 Å². The molecule has 0 fully saturated rings. The molecule has 0 aliphatic heterocycles. The standard InChI is InChI=1S/C40H76NO7P/c1-3-5-7-9-11-13-14-15-16-17-18-19-20-21-22-23-24-25-27-29-31-33-40(42)48-39(38-47-49(43,44)46-36-34-41)37-45-35-32-30-28-26-12-10-8-6-4-2/h14-15,17-18,20-21,39H,3-13,16,19,22-38,41H2,1-2H3,(H,43,44)/b15-14-,18-17-,21-20-. The Morgan fingerprint density at radius 1 is 0.612 bits per heavy atom. The zero-order valence-electron chi connectivity index (χ0n) is 31.7. The number of phosphoric acid groups is 1. The van der Waals surface area contributed by atoms with Gasteiger partial charge in [-0.2, -0.15) is 0 Å². The third-order valence-electron chi connectivity index (χ3n) is 8.31. The number of unbranched alkanes of at least 4 members (excludes halogenated alkanes) is 19. The monoisotopic (exact) mass is 714 g/mol. The zero-order chi connectivity index (χ0) is 35.9. The van der Waals surface area contributed by atoms with Gasteiger partial charge in [0.2, 0.25) is 0 Å². The maximum atomic E-state index is 12.5. The van der Waals surface area contributed by atoms with Gasteiger partial charge in [-0.05, 0) is 51.4 Å². The number of phosphoric ester groups is 1. The van der Waals surface area contributed by atoms with Gasteiger partial charge in [0.25, 0.3) is 0 Å². The molecular formula is C40H76NO7P. The third-order valence-corrected chi connectivity index (χ3v) is 9.29. The summed E-state index contributed by atoms with van der Waals surface area (Å²) in [5, 5.41) is 0. The number of carbonyl (C=O) groups excluding carboxylic acids is 1. The van der Waals surface area contributed by atoms with Crippen molar-refractivity contribution in [1.29, 1.82) is 0 Å². The Morgan fingerprint density at radius 2 is 1.08 bits per heavy atom. The lowest BCUT2D eigenvalue weighted by atomic mass is 10.1. The number of carbonyl (C=O) groups is 1. The molecule has 0 spiro atoms. The number of hydrogen-bond donors (Lipinski definition) is 2. The average Bonchev–Trinajstić information content (AvgIpc) is 3.09. The largest absolute Gasteiger partial charge is 0.472 e. The second-order valence-electron chi connectivity index (χ2n) is 13.1. The van der Waals surface area contributed by atoms with E-state index in [2.05, 4.69) is 50.3 Å². The van der Waals surface area contributed by atoms with Gasteiger partial charge >= 0.3 is 13.8 Å². The van der Waals surface area contributed by atoms with Crippen LogP contribution in [0, 0.1) is 0 Å². The van der Waals surface area contributed by atoms with E-state index < -0.39 is 13.9 Å². The summed E-state index contributed by atoms with van der Waals surface area (Å²) in [4.78, 5) is 22.4. The molecule has 49 heavy (non-hydrogen) atoms. The van der Waals surface area contributed by atoms with Gasteiger partial charge in [0, 0.05) is 19.6 Å². The van der Waals surface area contributed by atoms with E-state index in [0.29, 0.717) is 13.0 Å². The van der Waals surface area contributed by atoms with Crippen molar-refractivity contribution in [2.75, 3.05) is 33.0 Å². The number of ether oxygens (including phenoxy) is 2. The van der Waals surface area contributed by atoms with Crippen molar-refractivity contribution in [3.05, 3.63) is 36.5 Å². The van der Waals surface area contributed by atoms with Crippen LogP contribution in [0.25, 0.3) is 0 Å². The van der Waals surface area contributed by atoms with Crippen molar-refractivity contribution in [1.82, 2.24) is 0 Å². The summed E-state index contributed by atoms with van der Waals surface area (Å²) >= 11 is 0. The van der Waals surface area contributed by atoms with Gasteiger partial charge in [0.15, 0.2) is 0 Å². The molecule has 0 amide bonds. The molecule has 0 saturated heterocycles. The Labute approximate surface area is 301 Å². The van der Waals surface area contributed by atoms with Gasteiger partial charge in [0.05, 0.1) is 19.8 Å². The zero-order valence-corrected chi connectivity index (χ0v) is 32.6. The fraction of sp³-hybridized carbons (Fsp3) is 0.825. The smallest absolute Gasteiger partial charge is 0.457 e. The summed E-state index contributed by atoms with van der Waals surface area (Å²) in [5.74, 6) is -0.344. The van der Waals surface area contributed by atoms with Gasteiger partial charge in [0.1, 0.15) is 6.10 Å². The Balaban J connectivity index is 4.03. The quantitative estimate of drug-likeness (QED) is 0.0281. The summed E-state index contributed by atoms with van der Waals surface area (Å²) in [6.45, 7) is 4.88. The Hall–Kier alpha value is -1.28. The molecule has 0 radical (unpaired) electrons. The molecule has 0 aliphatic rings. The van der Waals surface area contributed by atoms with E-state index in [4.69, 9.17) is 24.3 Å². The van der Waals surface area contributed by atoms with Crippen LogP contribution >= 0.6 is 7.82 Å². The third kappa shape index (κ3) is 37.8. The van der Waals surface area contributed by atoms with Crippen molar-refractivity contribution in [3.63, 3.8) is 0 Å². The summed E-state index contributed by atoms with van der Waals surface area (Å²) in [7, 11) is -4.27. The van der Waals surface area contributed by atoms with Gasteiger partial charge in [-0.25, -0.2) is 4.57 Å². The minimum absolute atomic E-state index is 0.0979. The van der Waals surface area contributed by atoms with Crippen LogP contribution in [-0.2, 0) is 27.9 Å². The van der Waals surface area contributed by atoms with Gasteiger partial charge in [-0.15, -0.1) is 0 Å². The topological polar surface area (TPSA) is 117 Å². The van der Waals surface area contributed by atoms with Crippen LogP contribution in [0.3, 0.4) is 0 Å². The molecule has 0 bridgehead atoms. The lowest BCUT2D eigenvalue weighted by molar-refractivity contribution is -0.154. The predicted octanol–water partition coefficient (Wildman–Crippen LogP) is 11.5. The normalized spacial score (nSPS) is 14.0. The Kier molecular flexibility index (Phi) is 37.0. The SMILES string of the molecule is CCCCCCC/C=C\C/C=C\C/C=C\CCCCCCCCC(=O)OC(COCCCCCCCCCCC)COP(=O)(O)OCCN. The predicted molar refractivity (Wildman–Crippen MR) is 206 cm³/mol. The summed E-state index contributed by atoms with van der Waals surface area (Å²) < 4.78 is 33.2. The van der Waals surface area contributed by atoms with Crippen molar-refractivity contribution in [2.24, 2.45) is 5.73 Å². The Bertz CT molecular complexity index is 848. The van der Waals surface area contributed by atoms with Crippen molar-refractivity contribution in [3.8, 4) is 0 Å². The highest BCUT2D eigenvalue weighted by Gasteiger charge is 2.25. The first-order chi connectivity index (χ1) is 23.9. The second kappa shape index (κ2) is 38.0. The summed E-state index contributed by atoms with van der Waals surface area (Å²) in [6.07, 6.45) is 41.6. The maximum absolute atomic E-state index is 12.5. The molecule has 0 aromatic carbocycles. The Morgan fingerprint density at radius 3 is 1.61 bits per heavy atom. The number of hydrogen-bond acceptors (Lipinski definition) is 7. The molecule has 2 atom stereocenters. The van der Waals surface area contributed by atoms with Crippen LogP contribution in [0.4, 0.5) is 0 Å². The van der Waals surface area contributed by atoms with Gasteiger partial charge < -0.3 is 20.1 Å². The molecule has 0 rings (SSSR count). The van der Waals surface area contributed by atoms with E-state index in [1.807, 2.05) is 0 Å². The molecule has 0 heterocycles. The highest BCUT2D eigenvalue weighted by atomic mass is 31.2. The number of nitrogens with two attached hydrogens (primary N) is 1. The summed E-state index contributed by atoms with van der Waals surface area (Å²) in [6, 6.07) is 0. The van der Waals surface area contributed by atoms with E-state index in [-0.39, 0.29) is 32.3 Å². The lowest BCUT2D eigenvalue weighted by Crippen LogP contribution is -2.28. The first-order valence-electron chi connectivity index (χ1n) is 20.0. The van der Waals surface area contributed by atoms with Gasteiger partial charge in [-0.3, -0.25) is 13.8 Å². The van der Waals surface area contributed by atoms with Crippen LogP contribution in [0.15, 0.2) is 36.5 Å². The first-order valence-corrected chi connectivity index (χ1v) is 21.5. The molecule has 288 valence electrons. The molecule has 2 unspecified atom stereocenters. The van der Waals surface area contributed by atoms with E-state index in [1.165, 1.54) is 96.3 Å². The fourth-order valence-corrected chi connectivity index (χ4v) is 6.12. The molecule has 9 heteroatoms. The minimum atomic E-state index is -4.27. The second-order valence-corrected chi connectivity index (χ2v) is 14.6. The molecule has 8 nitrogen and oxygen atoms in total. The highest BCUT2D eigenvalue weighted by molar-refractivity contribution is 7.47. The maximum Gasteiger partial charge on any atom is 0.472 e. The van der Waals surface area contributed by atoms with Crippen LogP contribution in [-0.4, -0.2) is 49.9 Å². The van der Waals surface area contributed by atoms with Crippen LogP contribution in [0.1, 0.15) is 174 Å². The average molecular weight is 714 g/mol. The first kappa shape index (κ1) is 47.7. The highest BCUT2D eigenvalue weighted by Crippen LogP contribution is 2.43. The van der Waals surface area contributed by atoms with Crippen molar-refractivity contribution in [2.45, 2.75) is 180 Å². The molecule has 0 aliphatic carbocycles. The van der Waals surface area contributed by atoms with Crippen LogP contribution < -0.4 is 5.73 Å². The molecule has 0 aromatic heterocycles. The molecular weight excluding hydrogens is 637 g/mol. The van der Waals surface area contributed by atoms with E-state index in [0.717, 1.165) is 57.8 Å². The molecule has 0 saturated carbocycles. The van der Waals surface area contributed by atoms with E-state index in [1.54, 1.807) is 0 Å². The fourth-order valence-electron chi connectivity index (χ4n) is 5.36. The van der Waals surface area contributed by atoms with Crippen LogP contribution in [0.5, 0.6) is 0 Å². The number of rotatable bonds is 38. The van der Waals surface area contributed by atoms with E-state index >= 15 is 0 Å². The molecule has 3 N–H and O–H groups in total. The van der Waals surface area contributed by atoms with Crippen molar-refractivity contribution < 1.29 is 32.8 Å². The lowest BCUT2D eigenvalue weighted by Gasteiger charge is -2.20. The molecule has 0 aromatic rings. The van der Waals surface area contributed by atoms with E-state index in [9.17, 15) is 14.3 Å². The van der Waals surface area contributed by atoms with Gasteiger partial charge in [-0.1, -0.05) is 153 Å².